The van der Waals surface area contributed by atoms with E-state index >= 15 is 0 Å². The second-order valence-electron chi connectivity index (χ2n) is 26.1. The summed E-state index contributed by atoms with van der Waals surface area (Å²) in [5, 5.41) is 3.05. The van der Waals surface area contributed by atoms with E-state index in [2.05, 4.69) is 99.0 Å². The number of esters is 1. The highest BCUT2D eigenvalue weighted by Gasteiger charge is 2.27. The number of unbranched alkanes of at least 4 members (excludes halogenated alkanes) is 39. The molecule has 87 heavy (non-hydrogen) atoms. The molecule has 0 aromatic rings. The van der Waals surface area contributed by atoms with Crippen LogP contribution in [0.3, 0.4) is 0 Å². The Balaban J connectivity index is 5.08. The normalized spacial score (nSPS) is 14.0. The first-order chi connectivity index (χ1) is 42.4. The fraction of sp³-hybridized carbons (Fsp3) is 0.792. The molecule has 3 atom stereocenters. The second-order valence-corrected chi connectivity index (χ2v) is 27.5. The number of quaternary nitrogens is 1. The lowest BCUT2D eigenvalue weighted by molar-refractivity contribution is -0.870. The summed E-state index contributed by atoms with van der Waals surface area (Å²) >= 11 is 0. The minimum atomic E-state index is -4.71. The largest absolute Gasteiger partial charge is 0.756 e. The van der Waals surface area contributed by atoms with Crippen molar-refractivity contribution < 1.29 is 37.3 Å². The lowest BCUT2D eigenvalue weighted by Gasteiger charge is -2.30. The van der Waals surface area contributed by atoms with E-state index in [4.69, 9.17) is 13.8 Å². The van der Waals surface area contributed by atoms with Crippen molar-refractivity contribution >= 4 is 19.7 Å². The number of carbonyl (C=O) groups excluding carboxylic acids is 2. The number of phosphoric acid groups is 1. The minimum Gasteiger partial charge on any atom is -0.756 e. The van der Waals surface area contributed by atoms with Gasteiger partial charge in [0.25, 0.3) is 7.82 Å². The van der Waals surface area contributed by atoms with Gasteiger partial charge in [-0.25, -0.2) is 0 Å². The van der Waals surface area contributed by atoms with Crippen molar-refractivity contribution in [3.05, 3.63) is 85.1 Å². The number of rotatable bonds is 67. The highest BCUT2D eigenvalue weighted by molar-refractivity contribution is 7.45. The molecule has 0 saturated carbocycles. The predicted molar refractivity (Wildman–Crippen MR) is 376 cm³/mol. The van der Waals surface area contributed by atoms with E-state index < -0.39 is 26.6 Å². The van der Waals surface area contributed by atoms with E-state index in [1.165, 1.54) is 205 Å². The summed E-state index contributed by atoms with van der Waals surface area (Å²) in [4.78, 5) is 40.3. The summed E-state index contributed by atoms with van der Waals surface area (Å²) in [5.74, 6) is -0.538. The summed E-state index contributed by atoms with van der Waals surface area (Å²) in [7, 11) is 1.18. The Hall–Kier alpha value is -2.81. The lowest BCUT2D eigenvalue weighted by Crippen LogP contribution is -2.47. The summed E-state index contributed by atoms with van der Waals surface area (Å²) in [6, 6.07) is -0.896. The predicted octanol–water partition coefficient (Wildman–Crippen LogP) is 23.0. The second kappa shape index (κ2) is 66.1. The molecule has 3 unspecified atom stereocenters. The van der Waals surface area contributed by atoms with E-state index in [1.807, 2.05) is 33.3 Å². The van der Waals surface area contributed by atoms with Crippen LogP contribution in [-0.2, 0) is 27.9 Å². The SMILES string of the molecule is CC/C=C\C/C=C\C/C=C\C/C=C\C/C=C\CCCCCCCCCCCC(=O)NC(COP(=O)([O-])OCC[N+](C)(C)C)C(/C=C/CCCCCCCCCCCCC)OC(=O)CCCCCCCCCCCCCCC/C=C/CCCCCCCC. The van der Waals surface area contributed by atoms with E-state index in [9.17, 15) is 19.0 Å². The summed E-state index contributed by atoms with van der Waals surface area (Å²) in [6.45, 7) is 6.76. The Bertz CT molecular complexity index is 1760. The smallest absolute Gasteiger partial charge is 0.306 e. The number of likely N-dealkylation sites (N-methyl/N-ethyl adjacent to an activating group) is 1. The van der Waals surface area contributed by atoms with Gasteiger partial charge in [0.2, 0.25) is 5.91 Å². The third-order valence-corrected chi connectivity index (χ3v) is 17.3. The van der Waals surface area contributed by atoms with Crippen LogP contribution in [0, 0.1) is 0 Å². The van der Waals surface area contributed by atoms with E-state index in [0.717, 1.165) is 103 Å². The molecule has 0 aromatic heterocycles. The van der Waals surface area contributed by atoms with Crippen LogP contribution in [0.5, 0.6) is 0 Å². The number of allylic oxidation sites excluding steroid dienone is 13. The molecule has 0 heterocycles. The van der Waals surface area contributed by atoms with Gasteiger partial charge >= 0.3 is 5.97 Å². The molecule has 0 rings (SSSR count). The van der Waals surface area contributed by atoms with Crippen LogP contribution in [0.1, 0.15) is 342 Å². The van der Waals surface area contributed by atoms with Crippen LogP contribution in [0.4, 0.5) is 0 Å². The van der Waals surface area contributed by atoms with Gasteiger partial charge in [0.1, 0.15) is 19.3 Å². The van der Waals surface area contributed by atoms with Gasteiger partial charge in [-0.05, 0) is 102 Å². The van der Waals surface area contributed by atoms with Crippen molar-refractivity contribution in [2.24, 2.45) is 0 Å². The maximum Gasteiger partial charge on any atom is 0.306 e. The molecule has 0 aliphatic heterocycles. The third-order valence-electron chi connectivity index (χ3n) is 16.3. The first-order valence-electron chi connectivity index (χ1n) is 36.9. The molecule has 1 N–H and O–H groups in total. The van der Waals surface area contributed by atoms with Crippen molar-refractivity contribution in [2.75, 3.05) is 40.9 Å². The van der Waals surface area contributed by atoms with E-state index in [1.54, 1.807) is 0 Å². The molecule has 506 valence electrons. The minimum absolute atomic E-state index is 0.0254. The van der Waals surface area contributed by atoms with Crippen LogP contribution in [0.2, 0.25) is 0 Å². The molecular weight excluding hydrogens is 1100 g/mol. The van der Waals surface area contributed by atoms with E-state index in [0.29, 0.717) is 17.4 Å². The number of nitrogens with one attached hydrogen (secondary N) is 1. The molecule has 1 amide bonds. The van der Waals surface area contributed by atoms with Crippen LogP contribution in [-0.4, -0.2) is 69.4 Å². The summed E-state index contributed by atoms with van der Waals surface area (Å²) < 4.78 is 30.5. The number of hydrogen-bond acceptors (Lipinski definition) is 7. The van der Waals surface area contributed by atoms with Crippen molar-refractivity contribution in [1.82, 2.24) is 5.32 Å². The average Bonchev–Trinajstić information content (AvgIpc) is 3.70. The molecule has 0 radical (unpaired) electrons. The Labute approximate surface area is 539 Å². The molecule has 0 bridgehead atoms. The molecule has 0 fully saturated rings. The molecule has 9 nitrogen and oxygen atoms in total. The van der Waals surface area contributed by atoms with Crippen molar-refractivity contribution in [3.8, 4) is 0 Å². The number of ether oxygens (including phenoxy) is 1. The zero-order valence-corrected chi connectivity index (χ0v) is 58.9. The van der Waals surface area contributed by atoms with Gasteiger partial charge in [-0.3, -0.25) is 14.2 Å². The first kappa shape index (κ1) is 84.2. The topological polar surface area (TPSA) is 114 Å². The number of nitrogens with zero attached hydrogens (tertiary/aromatic N) is 1. The average molecular weight is 1240 g/mol. The van der Waals surface area contributed by atoms with Gasteiger partial charge in [0.05, 0.1) is 33.8 Å². The van der Waals surface area contributed by atoms with E-state index in [-0.39, 0.29) is 24.9 Å². The zero-order chi connectivity index (χ0) is 63.5. The van der Waals surface area contributed by atoms with Crippen LogP contribution < -0.4 is 10.2 Å². The number of carbonyl (C=O) groups is 2. The molecule has 0 aliphatic rings. The van der Waals surface area contributed by atoms with Gasteiger partial charge in [0.15, 0.2) is 0 Å². The quantitative estimate of drug-likeness (QED) is 0.0212. The van der Waals surface area contributed by atoms with Crippen molar-refractivity contribution in [1.29, 1.82) is 0 Å². The monoisotopic (exact) mass is 1240 g/mol. The third kappa shape index (κ3) is 67.4. The van der Waals surface area contributed by atoms with Gasteiger partial charge in [-0.1, -0.05) is 312 Å². The zero-order valence-electron chi connectivity index (χ0n) is 58.0. The van der Waals surface area contributed by atoms with Gasteiger partial charge in [-0.2, -0.15) is 0 Å². The van der Waals surface area contributed by atoms with Crippen LogP contribution in [0.25, 0.3) is 0 Å². The van der Waals surface area contributed by atoms with Crippen LogP contribution in [0.15, 0.2) is 85.1 Å². The van der Waals surface area contributed by atoms with Crippen LogP contribution >= 0.6 is 7.82 Å². The lowest BCUT2D eigenvalue weighted by atomic mass is 10.0. The standard InChI is InChI=1S/C77H141N2O7P/c1-7-10-13-16-19-22-25-28-30-32-34-36-38-39-41-42-44-46-48-51-54-57-60-63-66-69-76(80)78-74(73-85-87(82,83)84-72-71-79(4,5)6)75(68-65-62-59-56-53-50-27-24-21-18-15-12-9-3)86-77(81)70-67-64-61-58-55-52-49-47-45-43-40-37-35-33-31-29-26-23-20-17-14-11-8-2/h10,13,19,22,28-31,34,36,39,41,65,68,74-75H,7-9,11-12,14-18,20-21,23-27,32-33,35,37-38,40,42-64,66-67,69-73H2,1-6H3,(H-,78,80,82,83)/b13-10-,22-19-,30-28-,31-29+,36-34-,41-39-,68-65+. The Morgan fingerprint density at radius 1 is 0.414 bits per heavy atom. The molecule has 0 spiro atoms. The maximum absolute atomic E-state index is 13.6. The maximum atomic E-state index is 13.6. The summed E-state index contributed by atoms with van der Waals surface area (Å²) in [5.41, 5.74) is 0. The first-order valence-corrected chi connectivity index (χ1v) is 38.4. The highest BCUT2D eigenvalue weighted by Crippen LogP contribution is 2.38. The van der Waals surface area contributed by atoms with Crippen molar-refractivity contribution in [2.45, 2.75) is 354 Å². The van der Waals surface area contributed by atoms with Gasteiger partial charge in [0, 0.05) is 12.8 Å². The van der Waals surface area contributed by atoms with Gasteiger partial charge in [-0.15, -0.1) is 0 Å². The Morgan fingerprint density at radius 2 is 0.736 bits per heavy atom. The fourth-order valence-electron chi connectivity index (χ4n) is 10.7. The molecule has 0 aliphatic carbocycles. The molecular formula is C77H141N2O7P. The molecule has 10 heteroatoms. The summed E-state index contributed by atoms with van der Waals surface area (Å²) in [6.07, 6.45) is 88.5. The Morgan fingerprint density at radius 3 is 1.11 bits per heavy atom. The van der Waals surface area contributed by atoms with Crippen molar-refractivity contribution in [3.63, 3.8) is 0 Å². The number of amides is 1. The highest BCUT2D eigenvalue weighted by atomic mass is 31.2. The van der Waals surface area contributed by atoms with Gasteiger partial charge < -0.3 is 28.5 Å². The fourth-order valence-corrected chi connectivity index (χ4v) is 11.4. The molecule has 0 aromatic carbocycles. The molecule has 0 saturated heterocycles. The number of phosphoric ester groups is 1. The number of hydrogen-bond donors (Lipinski definition) is 1. The Kier molecular flexibility index (Phi) is 64.0.